The minimum atomic E-state index is -4.52. The van der Waals surface area contributed by atoms with Gasteiger partial charge >= 0.3 is 12.2 Å². The van der Waals surface area contributed by atoms with Crippen LogP contribution < -0.4 is 19.9 Å². The largest absolute Gasteiger partial charge is 0.475 e. The lowest BCUT2D eigenvalue weighted by molar-refractivity contribution is -0.137. The molecule has 2 N–H and O–H groups in total. The monoisotopic (exact) mass is 519 g/mol. The van der Waals surface area contributed by atoms with E-state index in [4.69, 9.17) is 21.4 Å². The van der Waals surface area contributed by atoms with Crippen LogP contribution in [0, 0.1) is 0 Å². The van der Waals surface area contributed by atoms with Crippen molar-refractivity contribution in [3.05, 3.63) is 59.1 Å². The summed E-state index contributed by atoms with van der Waals surface area (Å²) in [5, 5.41) is 11.9. The van der Waals surface area contributed by atoms with Crippen molar-refractivity contribution >= 4 is 35.0 Å². The van der Waals surface area contributed by atoms with Gasteiger partial charge in [-0.15, -0.1) is 0 Å². The molecule has 2 amide bonds. The van der Waals surface area contributed by atoms with Crippen molar-refractivity contribution in [2.24, 2.45) is 0 Å². The number of aliphatic hydroxyl groups is 1. The molecule has 1 fully saturated rings. The molecule has 188 valence electrons. The van der Waals surface area contributed by atoms with E-state index < -0.39 is 17.8 Å². The Bertz CT molecular complexity index is 1310. The number of alkyl halides is 3. The van der Waals surface area contributed by atoms with Crippen molar-refractivity contribution in [1.82, 2.24) is 9.97 Å². The lowest BCUT2D eigenvalue weighted by Gasteiger charge is -2.36. The van der Waals surface area contributed by atoms with Crippen molar-refractivity contribution in [2.75, 3.05) is 41.4 Å². The van der Waals surface area contributed by atoms with E-state index in [0.717, 1.165) is 12.1 Å². The van der Waals surface area contributed by atoms with E-state index in [0.29, 0.717) is 31.0 Å². The maximum Gasteiger partial charge on any atom is 0.416 e. The van der Waals surface area contributed by atoms with Crippen LogP contribution in [0.2, 0.25) is 5.02 Å². The van der Waals surface area contributed by atoms with Gasteiger partial charge in [0, 0.05) is 24.7 Å². The summed E-state index contributed by atoms with van der Waals surface area (Å²) in [7, 11) is 0. The first-order valence-electron chi connectivity index (χ1n) is 11.2. The van der Waals surface area contributed by atoms with Gasteiger partial charge in [0.05, 0.1) is 34.6 Å². The molecule has 0 radical (unpaired) electrons. The molecule has 12 heteroatoms. The maximum atomic E-state index is 13.4. The van der Waals surface area contributed by atoms with Gasteiger partial charge in [0.25, 0.3) is 0 Å². The predicted octanol–water partition coefficient (Wildman–Crippen LogP) is 4.82. The van der Waals surface area contributed by atoms with Crippen LogP contribution in [0.1, 0.15) is 12.0 Å². The van der Waals surface area contributed by atoms with Crippen LogP contribution in [-0.2, 0) is 6.18 Å². The van der Waals surface area contributed by atoms with Crippen LogP contribution in [0.3, 0.4) is 0 Å². The Hall–Kier alpha value is -3.57. The van der Waals surface area contributed by atoms with Gasteiger partial charge in [0.2, 0.25) is 5.88 Å². The number of pyridine rings is 2. The SMILES string of the molecule is O=C(Nc1cccc(OCCO)n1)N1c2nc(-c3cccc(C(F)(F)F)c3)c(Cl)cc2N2CCC1C2. The molecular weight excluding hydrogens is 499 g/mol. The van der Waals surface area contributed by atoms with Gasteiger partial charge in [-0.1, -0.05) is 29.8 Å². The quantitative estimate of drug-likeness (QED) is 0.502. The summed E-state index contributed by atoms with van der Waals surface area (Å²) >= 11 is 6.48. The summed E-state index contributed by atoms with van der Waals surface area (Å²) in [5.41, 5.74) is 0.164. The number of hydrogen-bond donors (Lipinski definition) is 2. The number of ether oxygens (including phenoxy) is 1. The lowest BCUT2D eigenvalue weighted by atomic mass is 10.1. The number of urea groups is 1. The second-order valence-electron chi connectivity index (χ2n) is 8.36. The minimum absolute atomic E-state index is 0.0603. The molecule has 5 rings (SSSR count). The van der Waals surface area contributed by atoms with E-state index in [1.54, 1.807) is 24.3 Å². The first-order chi connectivity index (χ1) is 17.2. The molecule has 1 atom stereocenters. The van der Waals surface area contributed by atoms with Crippen LogP contribution in [0.4, 0.5) is 35.3 Å². The van der Waals surface area contributed by atoms with Crippen LogP contribution in [0.15, 0.2) is 48.5 Å². The molecule has 1 aromatic carbocycles. The van der Waals surface area contributed by atoms with Gasteiger partial charge in [-0.05, 0) is 30.7 Å². The number of hydrogen-bond acceptors (Lipinski definition) is 6. The second-order valence-corrected chi connectivity index (χ2v) is 8.77. The zero-order valence-electron chi connectivity index (χ0n) is 18.8. The average Bonchev–Trinajstić information content (AvgIpc) is 3.27. The third kappa shape index (κ3) is 4.63. The Kier molecular flexibility index (Phi) is 6.35. The van der Waals surface area contributed by atoms with Gasteiger partial charge in [-0.2, -0.15) is 18.2 Å². The van der Waals surface area contributed by atoms with Crippen molar-refractivity contribution in [2.45, 2.75) is 18.6 Å². The van der Waals surface area contributed by atoms with Gasteiger partial charge in [-0.25, -0.2) is 9.78 Å². The molecule has 0 saturated carbocycles. The number of aliphatic hydroxyl groups excluding tert-OH is 1. The fraction of sp³-hybridized carbons (Fsp3) is 0.292. The van der Waals surface area contributed by atoms with Gasteiger partial charge in [0.1, 0.15) is 12.4 Å². The number of carbonyl (C=O) groups excluding carboxylic acids is 1. The fourth-order valence-electron chi connectivity index (χ4n) is 4.42. The van der Waals surface area contributed by atoms with Crippen LogP contribution >= 0.6 is 11.6 Å². The molecule has 36 heavy (non-hydrogen) atoms. The fourth-order valence-corrected chi connectivity index (χ4v) is 4.67. The number of benzene rings is 1. The van der Waals surface area contributed by atoms with Crippen molar-refractivity contribution < 1.29 is 27.8 Å². The molecule has 1 unspecified atom stereocenters. The number of rotatable bonds is 5. The number of anilines is 3. The van der Waals surface area contributed by atoms with Gasteiger partial charge in [-0.3, -0.25) is 10.2 Å². The molecule has 8 nitrogen and oxygen atoms in total. The maximum absolute atomic E-state index is 13.4. The van der Waals surface area contributed by atoms with E-state index in [1.807, 2.05) is 0 Å². The number of aromatic nitrogens is 2. The number of nitrogens with zero attached hydrogens (tertiary/aromatic N) is 4. The zero-order chi connectivity index (χ0) is 25.4. The van der Waals surface area contributed by atoms with Crippen molar-refractivity contribution in [3.63, 3.8) is 0 Å². The van der Waals surface area contributed by atoms with E-state index in [1.165, 1.54) is 17.0 Å². The third-order valence-corrected chi connectivity index (χ3v) is 6.30. The number of amides is 2. The first-order valence-corrected chi connectivity index (χ1v) is 11.6. The zero-order valence-corrected chi connectivity index (χ0v) is 19.6. The summed E-state index contributed by atoms with van der Waals surface area (Å²) in [6.07, 6.45) is -3.83. The smallest absolute Gasteiger partial charge is 0.416 e. The summed E-state index contributed by atoms with van der Waals surface area (Å²) in [6, 6.07) is 10.6. The normalized spacial score (nSPS) is 16.6. The molecular formula is C24H21ClF3N5O3. The first kappa shape index (κ1) is 24.1. The van der Waals surface area contributed by atoms with Gasteiger partial charge < -0.3 is 14.7 Å². The van der Waals surface area contributed by atoms with Crippen molar-refractivity contribution in [3.8, 4) is 17.1 Å². The molecule has 2 aliphatic heterocycles. The topological polar surface area (TPSA) is 90.8 Å². The Morgan fingerprint density at radius 3 is 2.78 bits per heavy atom. The molecule has 2 aromatic heterocycles. The van der Waals surface area contributed by atoms with E-state index in [-0.39, 0.29) is 47.2 Å². The van der Waals surface area contributed by atoms with E-state index in [2.05, 4.69) is 20.2 Å². The molecule has 1 saturated heterocycles. The molecule has 3 aromatic rings. The minimum Gasteiger partial charge on any atom is -0.475 e. The summed E-state index contributed by atoms with van der Waals surface area (Å²) in [4.78, 5) is 25.8. The average molecular weight is 520 g/mol. The molecule has 0 aliphatic carbocycles. The number of nitrogens with one attached hydrogen (secondary N) is 1. The molecule has 2 bridgehead atoms. The Balaban J connectivity index is 1.50. The summed E-state index contributed by atoms with van der Waals surface area (Å²) < 4.78 is 45.2. The highest BCUT2D eigenvalue weighted by atomic mass is 35.5. The number of carbonyl (C=O) groups is 1. The molecule has 4 heterocycles. The van der Waals surface area contributed by atoms with E-state index in [9.17, 15) is 18.0 Å². The Labute approximate surface area is 209 Å². The van der Waals surface area contributed by atoms with E-state index >= 15 is 0 Å². The van der Waals surface area contributed by atoms with Crippen LogP contribution in [-0.4, -0.2) is 53.5 Å². The highest BCUT2D eigenvalue weighted by Crippen LogP contribution is 2.43. The summed E-state index contributed by atoms with van der Waals surface area (Å²) in [5.74, 6) is 0.792. The number of halogens is 4. The molecule has 2 aliphatic rings. The number of fused-ring (bicyclic) bond motifs is 4. The third-order valence-electron chi connectivity index (χ3n) is 6.02. The highest BCUT2D eigenvalue weighted by molar-refractivity contribution is 6.33. The Morgan fingerprint density at radius 2 is 2.00 bits per heavy atom. The Morgan fingerprint density at radius 1 is 1.19 bits per heavy atom. The van der Waals surface area contributed by atoms with Crippen molar-refractivity contribution in [1.29, 1.82) is 0 Å². The second kappa shape index (κ2) is 9.47. The van der Waals surface area contributed by atoms with Crippen LogP contribution in [0.25, 0.3) is 11.3 Å². The predicted molar refractivity (Wildman–Crippen MR) is 129 cm³/mol. The lowest BCUT2D eigenvalue weighted by Crippen LogP contribution is -2.48. The van der Waals surface area contributed by atoms with Crippen LogP contribution in [0.5, 0.6) is 5.88 Å². The molecule has 0 spiro atoms. The van der Waals surface area contributed by atoms with Gasteiger partial charge in [0.15, 0.2) is 5.82 Å². The highest BCUT2D eigenvalue weighted by Gasteiger charge is 2.41. The summed E-state index contributed by atoms with van der Waals surface area (Å²) in [6.45, 7) is 1.15. The standard InChI is InChI=1S/C24H21ClF3N5O3/c25-17-12-18-22(31-21(17)14-3-1-4-15(11-14)24(26,27)28)33(16-7-8-32(18)13-16)23(35)30-19-5-2-6-20(29-19)36-10-9-34/h1-6,11-12,16,34H,7-10,13H2,(H,29,30,35).